The molecule has 0 aromatic carbocycles. The van der Waals surface area contributed by atoms with E-state index in [4.69, 9.17) is 10.1 Å². The summed E-state index contributed by atoms with van der Waals surface area (Å²) in [4.78, 5) is 14.2. The zero-order valence-corrected chi connectivity index (χ0v) is 21.2. The number of nitrogens with one attached hydrogen (secondary N) is 1. The van der Waals surface area contributed by atoms with Crippen molar-refractivity contribution in [2.75, 3.05) is 39.0 Å². The summed E-state index contributed by atoms with van der Waals surface area (Å²) in [5.74, 6) is 8.10. The van der Waals surface area contributed by atoms with E-state index in [9.17, 15) is 0 Å². The van der Waals surface area contributed by atoms with Gasteiger partial charge in [-0.3, -0.25) is 4.90 Å². The van der Waals surface area contributed by atoms with E-state index in [2.05, 4.69) is 71.5 Å². The normalized spacial score (nSPS) is 20.7. The summed E-state index contributed by atoms with van der Waals surface area (Å²) >= 11 is 0. The molecule has 1 unspecified atom stereocenters. The molecule has 0 bridgehead atoms. The highest BCUT2D eigenvalue weighted by molar-refractivity contribution is 5.81. The molecule has 33 heavy (non-hydrogen) atoms. The highest BCUT2D eigenvalue weighted by Crippen LogP contribution is 2.27. The van der Waals surface area contributed by atoms with Gasteiger partial charge in [-0.1, -0.05) is 25.2 Å². The molecular formula is C26H41N7. The van der Waals surface area contributed by atoms with Crippen molar-refractivity contribution < 1.29 is 0 Å². The van der Waals surface area contributed by atoms with Gasteiger partial charge in [0.2, 0.25) is 5.95 Å². The Hall–Kier alpha value is -2.17. The van der Waals surface area contributed by atoms with Crippen molar-refractivity contribution in [2.45, 2.75) is 83.8 Å². The Bertz CT molecular complexity index is 986. The summed E-state index contributed by atoms with van der Waals surface area (Å²) in [6, 6.07) is 0.623. The van der Waals surface area contributed by atoms with Crippen molar-refractivity contribution in [2.24, 2.45) is 5.92 Å². The molecule has 0 radical (unpaired) electrons. The lowest BCUT2D eigenvalue weighted by atomic mass is 9.89. The summed E-state index contributed by atoms with van der Waals surface area (Å²) in [5, 5.41) is 9.30. The monoisotopic (exact) mass is 451 g/mol. The van der Waals surface area contributed by atoms with Crippen LogP contribution in [0, 0.1) is 17.8 Å². The molecule has 7 nitrogen and oxygen atoms in total. The molecule has 0 spiro atoms. The third-order valence-corrected chi connectivity index (χ3v) is 6.85. The van der Waals surface area contributed by atoms with Crippen molar-refractivity contribution in [3.05, 3.63) is 11.9 Å². The van der Waals surface area contributed by atoms with E-state index < -0.39 is 0 Å². The van der Waals surface area contributed by atoms with E-state index in [1.807, 2.05) is 6.20 Å². The van der Waals surface area contributed by atoms with E-state index in [0.717, 1.165) is 42.9 Å². The summed E-state index contributed by atoms with van der Waals surface area (Å²) in [7, 11) is 4.35. The van der Waals surface area contributed by atoms with Gasteiger partial charge < -0.3 is 10.2 Å². The molecule has 0 amide bonds. The minimum absolute atomic E-state index is 0.0939. The van der Waals surface area contributed by atoms with Crippen molar-refractivity contribution in [3.8, 4) is 11.8 Å². The van der Waals surface area contributed by atoms with Crippen LogP contribution in [-0.4, -0.2) is 74.9 Å². The predicted octanol–water partition coefficient (Wildman–Crippen LogP) is 3.99. The van der Waals surface area contributed by atoms with Crippen molar-refractivity contribution in [1.82, 2.24) is 29.5 Å². The second-order valence-corrected chi connectivity index (χ2v) is 11.1. The summed E-state index contributed by atoms with van der Waals surface area (Å²) in [5.41, 5.74) is 1.62. The number of fused-ring (bicyclic) bond motifs is 1. The lowest BCUT2D eigenvalue weighted by molar-refractivity contribution is 0.145. The van der Waals surface area contributed by atoms with Crippen LogP contribution in [0.3, 0.4) is 0 Å². The average Bonchev–Trinajstić information content (AvgIpc) is 3.10. The van der Waals surface area contributed by atoms with Gasteiger partial charge in [0.25, 0.3) is 0 Å². The summed E-state index contributed by atoms with van der Waals surface area (Å²) < 4.78 is 2.09. The zero-order valence-electron chi connectivity index (χ0n) is 21.2. The maximum Gasteiger partial charge on any atom is 0.225 e. The Balaban J connectivity index is 1.56. The Morgan fingerprint density at radius 2 is 1.91 bits per heavy atom. The first-order valence-electron chi connectivity index (χ1n) is 12.7. The van der Waals surface area contributed by atoms with Gasteiger partial charge >= 0.3 is 0 Å². The molecule has 1 saturated heterocycles. The zero-order chi connectivity index (χ0) is 23.4. The number of aromatic nitrogens is 4. The number of rotatable bonds is 5. The topological polar surface area (TPSA) is 62.1 Å². The number of likely N-dealkylation sites (tertiary alicyclic amines) is 1. The van der Waals surface area contributed by atoms with Crippen LogP contribution in [0.25, 0.3) is 11.0 Å². The molecule has 1 atom stereocenters. The Kier molecular flexibility index (Phi) is 7.55. The quantitative estimate of drug-likeness (QED) is 0.694. The van der Waals surface area contributed by atoms with Crippen molar-refractivity contribution in [3.63, 3.8) is 0 Å². The van der Waals surface area contributed by atoms with Gasteiger partial charge in [-0.05, 0) is 78.9 Å². The van der Waals surface area contributed by atoms with Gasteiger partial charge in [0.1, 0.15) is 5.69 Å². The molecule has 2 aromatic rings. The molecule has 1 saturated carbocycles. The fourth-order valence-corrected chi connectivity index (χ4v) is 5.02. The lowest BCUT2D eigenvalue weighted by Gasteiger charge is -2.35. The first-order valence-corrected chi connectivity index (χ1v) is 12.7. The van der Waals surface area contributed by atoms with Crippen LogP contribution in [0.4, 0.5) is 5.95 Å². The van der Waals surface area contributed by atoms with Crippen molar-refractivity contribution >= 4 is 17.0 Å². The minimum atomic E-state index is -0.0939. The maximum absolute atomic E-state index is 4.93. The predicted molar refractivity (Wildman–Crippen MR) is 135 cm³/mol. The molecule has 7 heteroatoms. The van der Waals surface area contributed by atoms with E-state index >= 15 is 0 Å². The Labute approximate surface area is 199 Å². The second kappa shape index (κ2) is 10.4. The Morgan fingerprint density at radius 1 is 1.12 bits per heavy atom. The standard InChI is InChI=1S/C26H41N7/c1-26(2,3)29-25-27-17-22-23(14-10-16-32-15-9-13-21(19-32)31(4)5)30-33(24(22)28-25)18-20-11-7-6-8-12-20/h17,20-21H,6-9,11-13,15-16,18-19H2,1-5H3,(H,27,28,29). The van der Waals surface area contributed by atoms with Gasteiger partial charge in [0.05, 0.1) is 11.9 Å². The number of piperidine rings is 1. The fourth-order valence-electron chi connectivity index (χ4n) is 5.02. The van der Waals surface area contributed by atoms with Crippen LogP contribution in [-0.2, 0) is 6.54 Å². The van der Waals surface area contributed by atoms with E-state index in [-0.39, 0.29) is 5.54 Å². The molecule has 1 N–H and O–H groups in total. The molecule has 2 aromatic heterocycles. The van der Waals surface area contributed by atoms with Gasteiger partial charge in [0.15, 0.2) is 5.65 Å². The first kappa shape index (κ1) is 24.0. The van der Waals surface area contributed by atoms with Gasteiger partial charge in [-0.25, -0.2) is 9.67 Å². The lowest BCUT2D eigenvalue weighted by Crippen LogP contribution is -2.45. The second-order valence-electron chi connectivity index (χ2n) is 11.1. The summed E-state index contributed by atoms with van der Waals surface area (Å²) in [6.07, 6.45) is 11.0. The molecule has 180 valence electrons. The number of hydrogen-bond donors (Lipinski definition) is 1. The summed E-state index contributed by atoms with van der Waals surface area (Å²) in [6.45, 7) is 10.3. The highest BCUT2D eigenvalue weighted by atomic mass is 15.3. The van der Waals surface area contributed by atoms with Crippen LogP contribution in [0.1, 0.15) is 71.4 Å². The molecule has 1 aliphatic carbocycles. The maximum atomic E-state index is 4.93. The van der Waals surface area contributed by atoms with Crippen LogP contribution >= 0.6 is 0 Å². The minimum Gasteiger partial charge on any atom is -0.350 e. The smallest absolute Gasteiger partial charge is 0.225 e. The largest absolute Gasteiger partial charge is 0.350 e. The molecule has 3 heterocycles. The highest BCUT2D eigenvalue weighted by Gasteiger charge is 2.21. The third-order valence-electron chi connectivity index (χ3n) is 6.85. The molecule has 2 aliphatic rings. The number of nitrogens with zero attached hydrogens (tertiary/aromatic N) is 6. The van der Waals surface area contributed by atoms with Gasteiger partial charge in [-0.15, -0.1) is 0 Å². The molecule has 2 fully saturated rings. The van der Waals surface area contributed by atoms with Crippen LogP contribution in [0.2, 0.25) is 0 Å². The van der Waals surface area contributed by atoms with Crippen LogP contribution < -0.4 is 5.32 Å². The Morgan fingerprint density at radius 3 is 2.64 bits per heavy atom. The SMILES string of the molecule is CN(C)C1CCCN(CC#Cc2nn(CC3CCCCC3)c3nc(NC(C)(C)C)ncc23)C1. The molecule has 1 aliphatic heterocycles. The first-order chi connectivity index (χ1) is 15.8. The van der Waals surface area contributed by atoms with Gasteiger partial charge in [0, 0.05) is 30.9 Å². The number of anilines is 1. The van der Waals surface area contributed by atoms with Crippen LogP contribution in [0.15, 0.2) is 6.20 Å². The fraction of sp³-hybridized carbons (Fsp3) is 0.731. The van der Waals surface area contributed by atoms with E-state index in [1.165, 1.54) is 44.9 Å². The number of hydrogen-bond acceptors (Lipinski definition) is 6. The van der Waals surface area contributed by atoms with Crippen molar-refractivity contribution in [1.29, 1.82) is 0 Å². The molecule has 4 rings (SSSR count). The third kappa shape index (κ3) is 6.45. The average molecular weight is 452 g/mol. The van der Waals surface area contributed by atoms with E-state index in [0.29, 0.717) is 17.9 Å². The van der Waals surface area contributed by atoms with E-state index in [1.54, 1.807) is 0 Å². The van der Waals surface area contributed by atoms with Crippen LogP contribution in [0.5, 0.6) is 0 Å². The number of likely N-dealkylation sites (N-methyl/N-ethyl adjacent to an activating group) is 1. The molecular weight excluding hydrogens is 410 g/mol. The van der Waals surface area contributed by atoms with Gasteiger partial charge in [-0.2, -0.15) is 10.1 Å².